The summed E-state index contributed by atoms with van der Waals surface area (Å²) in [4.78, 5) is 17.2. The number of nitriles is 1. The number of hydrogen-bond acceptors (Lipinski definition) is 6. The summed E-state index contributed by atoms with van der Waals surface area (Å²) in [5, 5.41) is 11.7. The van der Waals surface area contributed by atoms with Crippen LogP contribution in [0.5, 0.6) is 0 Å². The Hall–Kier alpha value is -4.03. The molecule has 0 spiro atoms. The van der Waals surface area contributed by atoms with Crippen molar-refractivity contribution in [1.29, 1.82) is 5.26 Å². The molecule has 0 aliphatic rings. The predicted octanol–water partition coefficient (Wildman–Crippen LogP) is 3.44. The number of amides is 1. The molecule has 184 valence electrons. The van der Waals surface area contributed by atoms with Crippen molar-refractivity contribution < 1.29 is 18.3 Å². The number of nitrogens with one attached hydrogen (secondary N) is 1. The zero-order valence-electron chi connectivity index (χ0n) is 20.0. The molecule has 0 saturated heterocycles. The fraction of sp³-hybridized carbons (Fsp3) is 0.269. The summed E-state index contributed by atoms with van der Waals surface area (Å²) in [5.41, 5.74) is 12.4. The number of nitrogens with zero attached hydrogens (tertiary/aromatic N) is 2. The highest BCUT2D eigenvalue weighted by atomic mass is 19.1. The van der Waals surface area contributed by atoms with Crippen LogP contribution in [-0.4, -0.2) is 25.3 Å². The molecule has 2 aromatic rings. The molecule has 0 aliphatic heterocycles. The first-order valence-corrected chi connectivity index (χ1v) is 10.7. The summed E-state index contributed by atoms with van der Waals surface area (Å²) in [6.07, 6.45) is 1.07. The summed E-state index contributed by atoms with van der Waals surface area (Å²) < 4.78 is 33.8. The van der Waals surface area contributed by atoms with Crippen molar-refractivity contribution in [2.24, 2.45) is 16.5 Å². The largest absolute Gasteiger partial charge is 0.404 e. The second kappa shape index (κ2) is 11.9. The maximum atomic E-state index is 14.3. The molecule has 1 amide bonds. The van der Waals surface area contributed by atoms with Gasteiger partial charge in [-0.25, -0.2) is 8.78 Å². The van der Waals surface area contributed by atoms with E-state index in [0.717, 1.165) is 29.5 Å². The first-order chi connectivity index (χ1) is 16.5. The Morgan fingerprint density at radius 2 is 1.86 bits per heavy atom. The molecule has 5 N–H and O–H groups in total. The lowest BCUT2D eigenvalue weighted by molar-refractivity contribution is -0.117. The lowest BCUT2D eigenvalue weighted by atomic mass is 9.86. The normalized spacial score (nSPS) is 12.2. The van der Waals surface area contributed by atoms with Crippen molar-refractivity contribution in [1.82, 2.24) is 5.32 Å². The van der Waals surface area contributed by atoms with Crippen LogP contribution in [0.4, 0.5) is 8.78 Å². The molecule has 9 heteroatoms. The summed E-state index contributed by atoms with van der Waals surface area (Å²) in [6.45, 7) is 6.92. The van der Waals surface area contributed by atoms with E-state index in [-0.39, 0.29) is 41.3 Å². The number of methoxy groups -OCH3 is 1. The van der Waals surface area contributed by atoms with Gasteiger partial charge in [0.05, 0.1) is 35.9 Å². The van der Waals surface area contributed by atoms with Gasteiger partial charge < -0.3 is 21.5 Å². The molecule has 0 atom stereocenters. The number of halogens is 2. The highest BCUT2D eigenvalue weighted by Gasteiger charge is 2.20. The molecule has 0 radical (unpaired) electrons. The zero-order valence-corrected chi connectivity index (χ0v) is 20.0. The average molecular weight is 482 g/mol. The van der Waals surface area contributed by atoms with E-state index in [2.05, 4.69) is 23.0 Å². The molecule has 7 nitrogen and oxygen atoms in total. The number of benzene rings is 2. The predicted molar refractivity (Wildman–Crippen MR) is 132 cm³/mol. The first kappa shape index (κ1) is 27.2. The van der Waals surface area contributed by atoms with Crippen LogP contribution in [0.25, 0.3) is 5.70 Å². The van der Waals surface area contributed by atoms with Crippen molar-refractivity contribution in [2.75, 3.05) is 13.7 Å². The maximum Gasteiger partial charge on any atom is 0.254 e. The van der Waals surface area contributed by atoms with Crippen LogP contribution in [0.3, 0.4) is 0 Å². The standard InChI is InChI=1S/C26H29F2N5O2/c1-16(31)18-9-22(27)21(23(28)10-18)13-33-25(34)20(11-29)24(14-35-4)32-12-17-5-7-19(8-6-17)26(2,3)15-30/h5-11H,1,12-14,29,31H2,2-4H3,(H,33,34)/b20-11+,32-24?. The molecule has 0 heterocycles. The van der Waals surface area contributed by atoms with Gasteiger partial charge in [-0.1, -0.05) is 30.8 Å². The average Bonchev–Trinajstić information content (AvgIpc) is 2.82. The van der Waals surface area contributed by atoms with E-state index in [0.29, 0.717) is 0 Å². The van der Waals surface area contributed by atoms with Gasteiger partial charge in [-0.3, -0.25) is 9.79 Å². The maximum absolute atomic E-state index is 14.3. The first-order valence-electron chi connectivity index (χ1n) is 10.7. The quantitative estimate of drug-likeness (QED) is 0.354. The molecule has 0 saturated carbocycles. The lowest BCUT2D eigenvalue weighted by Gasteiger charge is -2.16. The minimum Gasteiger partial charge on any atom is -0.404 e. The third-order valence-corrected chi connectivity index (χ3v) is 5.35. The van der Waals surface area contributed by atoms with Crippen LogP contribution in [0.1, 0.15) is 36.1 Å². The van der Waals surface area contributed by atoms with E-state index in [4.69, 9.17) is 16.2 Å². The SMILES string of the molecule is C=C(N)c1cc(F)c(CNC(=O)/C(=C/N)C(COC)=NCc2ccc(C(C)(C)C#N)cc2)c(F)c1. The van der Waals surface area contributed by atoms with E-state index >= 15 is 0 Å². The van der Waals surface area contributed by atoms with E-state index in [1.165, 1.54) is 7.11 Å². The van der Waals surface area contributed by atoms with Gasteiger partial charge in [-0.15, -0.1) is 0 Å². The Morgan fingerprint density at radius 3 is 2.34 bits per heavy atom. The molecule has 0 aliphatic carbocycles. The number of hydrogen-bond donors (Lipinski definition) is 3. The number of nitrogens with two attached hydrogens (primary N) is 2. The van der Waals surface area contributed by atoms with Crippen molar-refractivity contribution in [3.63, 3.8) is 0 Å². The van der Waals surface area contributed by atoms with Crippen molar-refractivity contribution in [3.8, 4) is 6.07 Å². The molecular weight excluding hydrogens is 452 g/mol. The van der Waals surface area contributed by atoms with E-state index < -0.39 is 29.5 Å². The van der Waals surface area contributed by atoms with Crippen LogP contribution in [0.2, 0.25) is 0 Å². The minimum absolute atomic E-state index is 0.00791. The number of carbonyl (C=O) groups is 1. The van der Waals surface area contributed by atoms with Gasteiger partial charge in [0.25, 0.3) is 5.91 Å². The van der Waals surface area contributed by atoms with Crippen LogP contribution in [0.15, 0.2) is 59.7 Å². The molecule has 0 fully saturated rings. The molecule has 0 unspecified atom stereocenters. The second-order valence-electron chi connectivity index (χ2n) is 8.34. The van der Waals surface area contributed by atoms with Gasteiger partial charge in [0, 0.05) is 36.7 Å². The number of aliphatic imine (C=N–C) groups is 1. The molecule has 2 aromatic carbocycles. The van der Waals surface area contributed by atoms with Gasteiger partial charge in [0.2, 0.25) is 0 Å². The van der Waals surface area contributed by atoms with E-state index in [1.807, 2.05) is 38.1 Å². The molecule has 0 bridgehead atoms. The number of ether oxygens (including phenoxy) is 1. The highest BCUT2D eigenvalue weighted by Crippen LogP contribution is 2.22. The van der Waals surface area contributed by atoms with Gasteiger partial charge in [0.15, 0.2) is 0 Å². The molecule has 0 aromatic heterocycles. The smallest absolute Gasteiger partial charge is 0.254 e. The van der Waals surface area contributed by atoms with Crippen molar-refractivity contribution in [3.05, 3.63) is 88.6 Å². The zero-order chi connectivity index (χ0) is 26.2. The Balaban J connectivity index is 2.17. The Morgan fingerprint density at radius 1 is 1.26 bits per heavy atom. The van der Waals surface area contributed by atoms with Gasteiger partial charge in [-0.05, 0) is 37.1 Å². The summed E-state index contributed by atoms with van der Waals surface area (Å²) in [7, 11) is 1.44. The topological polar surface area (TPSA) is 127 Å². The number of carbonyl (C=O) groups excluding carboxylic acids is 1. The van der Waals surface area contributed by atoms with E-state index in [9.17, 15) is 18.8 Å². The van der Waals surface area contributed by atoms with Crippen LogP contribution < -0.4 is 16.8 Å². The number of rotatable bonds is 10. The Kier molecular flexibility index (Phi) is 9.26. The van der Waals surface area contributed by atoms with Crippen LogP contribution in [0, 0.1) is 23.0 Å². The summed E-state index contributed by atoms with van der Waals surface area (Å²) in [5.74, 6) is -2.39. The Labute approximate surface area is 203 Å². The fourth-order valence-corrected chi connectivity index (χ4v) is 3.15. The third-order valence-electron chi connectivity index (χ3n) is 5.35. The van der Waals surface area contributed by atoms with Gasteiger partial charge in [0.1, 0.15) is 11.6 Å². The van der Waals surface area contributed by atoms with Gasteiger partial charge >= 0.3 is 0 Å². The van der Waals surface area contributed by atoms with Gasteiger partial charge in [-0.2, -0.15) is 5.26 Å². The highest BCUT2D eigenvalue weighted by molar-refractivity contribution is 6.22. The molecule has 2 rings (SSSR count). The summed E-state index contributed by atoms with van der Waals surface area (Å²) >= 11 is 0. The summed E-state index contributed by atoms with van der Waals surface area (Å²) in [6, 6.07) is 11.7. The monoisotopic (exact) mass is 481 g/mol. The van der Waals surface area contributed by atoms with Crippen molar-refractivity contribution in [2.45, 2.75) is 32.4 Å². The molecular formula is C26H29F2N5O2. The third kappa shape index (κ3) is 6.98. The molecule has 35 heavy (non-hydrogen) atoms. The van der Waals surface area contributed by atoms with Crippen LogP contribution in [-0.2, 0) is 28.0 Å². The second-order valence-corrected chi connectivity index (χ2v) is 8.34. The Bertz CT molecular complexity index is 1170. The minimum atomic E-state index is -0.862. The lowest BCUT2D eigenvalue weighted by Crippen LogP contribution is -2.31. The van der Waals surface area contributed by atoms with Crippen LogP contribution >= 0.6 is 0 Å². The van der Waals surface area contributed by atoms with E-state index in [1.54, 1.807) is 0 Å². The van der Waals surface area contributed by atoms with Crippen molar-refractivity contribution >= 4 is 17.3 Å². The fourth-order valence-electron chi connectivity index (χ4n) is 3.15.